The molecule has 0 aliphatic heterocycles. The fraction of sp³-hybridized carbons (Fsp3) is 0.857. The Kier molecular flexibility index (Phi) is 5.89. The molecule has 0 fully saturated rings. The van der Waals surface area contributed by atoms with E-state index in [-0.39, 0.29) is 0 Å². The molecule has 0 spiro atoms. The van der Waals surface area contributed by atoms with E-state index in [2.05, 4.69) is 0 Å². The monoisotopic (exact) mass is 129 g/mol. The first kappa shape index (κ1) is 11.5. The highest BCUT2D eigenvalue weighted by Crippen LogP contribution is 1.99. The van der Waals surface area contributed by atoms with Gasteiger partial charge in [-0.05, 0) is 12.6 Å². The predicted octanol–water partition coefficient (Wildman–Crippen LogP) is 2.48. The van der Waals surface area contributed by atoms with Gasteiger partial charge in [0.1, 0.15) is 0 Å². The van der Waals surface area contributed by atoms with Crippen molar-refractivity contribution in [3.05, 3.63) is 0 Å². The van der Waals surface area contributed by atoms with Gasteiger partial charge >= 0.3 is 0 Å². The normalized spacial score (nSPS) is 9.56. The van der Waals surface area contributed by atoms with Crippen molar-refractivity contribution in [1.29, 1.82) is 0 Å². The van der Waals surface area contributed by atoms with Crippen molar-refractivity contribution >= 4 is 11.8 Å². The van der Waals surface area contributed by atoms with Crippen LogP contribution in [0.3, 0.4) is 0 Å². The van der Waals surface area contributed by atoms with Gasteiger partial charge in [-0.2, -0.15) is 20.5 Å². The van der Waals surface area contributed by atoms with Crippen molar-refractivity contribution in [1.82, 2.24) is 0 Å². The number of carbonyl (C=O) groups excluding carboxylic acids is 1. The summed E-state index contributed by atoms with van der Waals surface area (Å²) in [6, 6.07) is 0. The van der Waals surface area contributed by atoms with Crippen molar-refractivity contribution in [3.63, 3.8) is 0 Å². The maximum Gasteiger partial charge on any atom is 0.0606 e. The molecule has 0 aromatic heterocycles. The lowest BCUT2D eigenvalue weighted by Gasteiger charge is -2.17. The smallest absolute Gasteiger partial charge is 0.0606 e. The van der Waals surface area contributed by atoms with Crippen LogP contribution in [0.15, 0.2) is 0 Å². The Labute approximate surface area is 58.8 Å². The van der Waals surface area contributed by atoms with Crippen LogP contribution in [0.5, 0.6) is 0 Å². The van der Waals surface area contributed by atoms with Crippen LogP contribution in [0.4, 0.5) is 0 Å². The molecular weight excluding hydrogens is 111 g/mol. The van der Waals surface area contributed by atoms with E-state index in [0.29, 0.717) is 5.68 Å². The van der Waals surface area contributed by atoms with E-state index >= 15 is 0 Å². The van der Waals surface area contributed by atoms with E-state index in [1.54, 1.807) is 6.92 Å². The minimum Gasteiger partial charge on any atom is -0.347 e. The van der Waals surface area contributed by atoms with Crippen molar-refractivity contribution in [2.75, 3.05) is 0 Å². The molecule has 0 rings (SSSR count). The van der Waals surface area contributed by atoms with Gasteiger partial charge in [0.25, 0.3) is 0 Å². The number of hydrogen-bond acceptors (Lipinski definition) is 1. The van der Waals surface area contributed by atoms with Gasteiger partial charge in [-0.1, -0.05) is 13.8 Å². The highest BCUT2D eigenvalue weighted by molar-refractivity contribution is 7.03. The van der Waals surface area contributed by atoms with Crippen LogP contribution in [0.25, 0.3) is 0 Å². The summed E-state index contributed by atoms with van der Waals surface area (Å²) >= 11 is 0. The summed E-state index contributed by atoms with van der Waals surface area (Å²) in [5.74, 6) is 0. The minimum atomic E-state index is -0.694. The van der Waals surface area contributed by atoms with E-state index in [0.717, 1.165) is 0 Å². The Morgan fingerprint density at radius 2 is 1.22 bits per heavy atom. The molecule has 1 nitrogen and oxygen atoms in total. The third-order valence-electron chi connectivity index (χ3n) is 1.22. The van der Waals surface area contributed by atoms with Crippen LogP contribution < -0.4 is 0 Å². The quantitative estimate of drug-likeness (QED) is 0.497. The van der Waals surface area contributed by atoms with Crippen LogP contribution in [-0.2, 0) is 4.79 Å². The Morgan fingerprint density at radius 1 is 1.11 bits per heavy atom. The van der Waals surface area contributed by atoms with E-state index in [4.69, 9.17) is 0 Å². The van der Waals surface area contributed by atoms with Crippen LogP contribution in [0.1, 0.15) is 20.8 Å². The van der Waals surface area contributed by atoms with E-state index in [9.17, 15) is 4.79 Å². The molecule has 0 amide bonds. The summed E-state index contributed by atoms with van der Waals surface area (Å²) in [7, 11) is 0. The maximum absolute atomic E-state index is 10.5. The summed E-state index contributed by atoms with van der Waals surface area (Å²) in [4.78, 5) is 10.5. The summed E-state index contributed by atoms with van der Waals surface area (Å²) in [5.41, 5.74) is 0.306. The fourth-order valence-corrected chi connectivity index (χ4v) is 0. The van der Waals surface area contributed by atoms with Gasteiger partial charge in [-0.15, -0.1) is 0 Å². The molecular formula is C7H18BO-. The van der Waals surface area contributed by atoms with Gasteiger partial charge in [0, 0.05) is 0 Å². The number of rotatable bonds is 1. The van der Waals surface area contributed by atoms with E-state index in [1.165, 1.54) is 0 Å². The predicted molar refractivity (Wildman–Crippen MR) is 45.4 cm³/mol. The second kappa shape index (κ2) is 4.60. The van der Waals surface area contributed by atoms with E-state index < -0.39 is 6.15 Å². The Balaban J connectivity index is 0. The maximum atomic E-state index is 10.5. The highest BCUT2D eigenvalue weighted by atomic mass is 16.1. The lowest BCUT2D eigenvalue weighted by molar-refractivity contribution is -0.110. The van der Waals surface area contributed by atoms with Gasteiger partial charge in [0.05, 0.1) is 6.15 Å². The minimum absolute atomic E-state index is 0.306. The molecule has 9 heavy (non-hydrogen) atoms. The van der Waals surface area contributed by atoms with Gasteiger partial charge in [-0.3, -0.25) is 0 Å². The molecule has 0 aliphatic rings. The summed E-state index contributed by atoms with van der Waals surface area (Å²) in [6.45, 7) is 11.6. The molecule has 0 saturated heterocycles. The summed E-state index contributed by atoms with van der Waals surface area (Å²) in [6.07, 6.45) is -0.694. The Hall–Kier alpha value is -0.265. The zero-order chi connectivity index (χ0) is 8.08. The second-order valence-corrected chi connectivity index (χ2v) is 3.21. The fourth-order valence-electron chi connectivity index (χ4n) is 0. The first-order valence-electron chi connectivity index (χ1n) is 3.72. The Morgan fingerprint density at radius 3 is 1.22 bits per heavy atom. The zero-order valence-electron chi connectivity index (χ0n) is 7.49. The number of carbonyl (C=O) groups is 1. The molecule has 0 aromatic carbocycles. The second-order valence-electron chi connectivity index (χ2n) is 3.21. The molecule has 0 radical (unpaired) electrons. The van der Waals surface area contributed by atoms with Gasteiger partial charge in [-0.25, -0.2) is 0 Å². The van der Waals surface area contributed by atoms with Gasteiger partial charge < -0.3 is 4.79 Å². The molecule has 0 bridgehead atoms. The molecule has 0 aliphatic carbocycles. The Bertz CT molecular complexity index is 81.4. The third kappa shape index (κ3) is 7.73. The van der Waals surface area contributed by atoms with Crippen molar-refractivity contribution in [3.8, 4) is 0 Å². The molecule has 0 N–H and O–H groups in total. The van der Waals surface area contributed by atoms with Gasteiger partial charge in [0.15, 0.2) is 0 Å². The molecule has 0 atom stereocenters. The van der Waals surface area contributed by atoms with E-state index in [1.807, 2.05) is 34.3 Å². The zero-order valence-corrected chi connectivity index (χ0v) is 7.49. The molecule has 2 heteroatoms. The van der Waals surface area contributed by atoms with Crippen LogP contribution >= 0.6 is 0 Å². The molecule has 56 valence electrons. The van der Waals surface area contributed by atoms with Crippen LogP contribution in [0.2, 0.25) is 20.5 Å². The highest BCUT2D eigenvalue weighted by Gasteiger charge is 2.08. The van der Waals surface area contributed by atoms with Crippen LogP contribution in [0, 0.1) is 0 Å². The lowest BCUT2D eigenvalue weighted by atomic mass is 9.28. The topological polar surface area (TPSA) is 17.1 Å². The SMILES string of the molecule is CC.CC(=O)[B-](C)(C)C. The van der Waals surface area contributed by atoms with Crippen molar-refractivity contribution in [2.24, 2.45) is 0 Å². The third-order valence-corrected chi connectivity index (χ3v) is 1.22. The van der Waals surface area contributed by atoms with Crippen LogP contribution in [-0.4, -0.2) is 11.8 Å². The summed E-state index contributed by atoms with van der Waals surface area (Å²) in [5, 5.41) is 0. The molecule has 0 unspecified atom stereocenters. The van der Waals surface area contributed by atoms with Crippen molar-refractivity contribution in [2.45, 2.75) is 41.2 Å². The van der Waals surface area contributed by atoms with Gasteiger partial charge in [0.2, 0.25) is 0 Å². The molecule has 0 aromatic rings. The number of hydrogen-bond donors (Lipinski definition) is 0. The standard InChI is InChI=1S/C5H12BO.C2H6/c1-5(7)6(2,3)4;1-2/h1-4H3;1-2H3/q-1;. The largest absolute Gasteiger partial charge is 0.347 e. The first-order valence-corrected chi connectivity index (χ1v) is 3.72. The average Bonchev–Trinajstić information content (AvgIpc) is 1.69. The molecule has 0 heterocycles. The van der Waals surface area contributed by atoms with Crippen molar-refractivity contribution < 1.29 is 4.79 Å². The lowest BCUT2D eigenvalue weighted by Crippen LogP contribution is -2.30. The summed E-state index contributed by atoms with van der Waals surface area (Å²) < 4.78 is 0. The first-order chi connectivity index (χ1) is 3.94. The molecule has 0 saturated carbocycles. The average molecular weight is 129 g/mol.